The number of benzene rings is 1. The smallest absolute Gasteiger partial charge is 0.272 e. The molecule has 7 nitrogen and oxygen atoms in total. The summed E-state index contributed by atoms with van der Waals surface area (Å²) in [6, 6.07) is 4.60. The van der Waals surface area contributed by atoms with Gasteiger partial charge in [-0.2, -0.15) is 0 Å². The van der Waals surface area contributed by atoms with E-state index < -0.39 is 5.82 Å². The number of thiazole rings is 1. The normalized spacial score (nSPS) is 14.5. The van der Waals surface area contributed by atoms with Crippen LogP contribution in [0.1, 0.15) is 10.5 Å². The van der Waals surface area contributed by atoms with Gasteiger partial charge >= 0.3 is 0 Å². The Balaban J connectivity index is 1.68. The summed E-state index contributed by atoms with van der Waals surface area (Å²) in [6.45, 7) is 0.951. The molecule has 1 aliphatic heterocycles. The number of imidazole rings is 1. The fourth-order valence-electron chi connectivity index (χ4n) is 2.88. The highest BCUT2D eigenvalue weighted by Gasteiger charge is 2.25. The predicted molar refractivity (Wildman–Crippen MR) is 93.9 cm³/mol. The number of methoxy groups -OCH3 is 1. The van der Waals surface area contributed by atoms with Gasteiger partial charge in [0.05, 0.1) is 19.3 Å². The Hall–Kier alpha value is -2.94. The molecule has 0 saturated carbocycles. The molecule has 2 aromatic heterocycles. The third-order valence-corrected chi connectivity index (χ3v) is 5.04. The van der Waals surface area contributed by atoms with Crippen LogP contribution in [-0.4, -0.2) is 52.8 Å². The van der Waals surface area contributed by atoms with Gasteiger partial charge in [0.2, 0.25) is 5.91 Å². The van der Waals surface area contributed by atoms with Gasteiger partial charge in [0.25, 0.3) is 5.91 Å². The molecule has 9 heteroatoms. The van der Waals surface area contributed by atoms with Crippen LogP contribution in [0.3, 0.4) is 0 Å². The van der Waals surface area contributed by atoms with E-state index in [2.05, 4.69) is 10.3 Å². The fraction of sp³-hybridized carbons (Fsp3) is 0.235. The average Bonchev–Trinajstić information content (AvgIpc) is 3.21. The number of fused-ring (bicyclic) bond motifs is 1. The van der Waals surface area contributed by atoms with E-state index in [-0.39, 0.29) is 24.1 Å². The SMILES string of the molecule is COc1ccc(-c2cn3c(C(=O)N4CCNC(=O)C4)csc3n2)cc1F. The van der Waals surface area contributed by atoms with Gasteiger partial charge in [-0.3, -0.25) is 14.0 Å². The standard InChI is InChI=1S/C17H15FN4O3S/c1-25-14-3-2-10(6-11(14)18)12-7-22-13(9-26-17(22)20-12)16(24)21-5-4-19-15(23)8-21/h2-3,6-7,9H,4-5,8H2,1H3,(H,19,23). The number of carbonyl (C=O) groups excluding carboxylic acids is 2. The Labute approximate surface area is 152 Å². The lowest BCUT2D eigenvalue weighted by Gasteiger charge is -2.26. The summed E-state index contributed by atoms with van der Waals surface area (Å²) in [7, 11) is 1.41. The number of hydrogen-bond acceptors (Lipinski definition) is 5. The van der Waals surface area contributed by atoms with E-state index in [1.165, 1.54) is 35.5 Å². The van der Waals surface area contributed by atoms with E-state index in [0.29, 0.717) is 35.0 Å². The first-order valence-electron chi connectivity index (χ1n) is 7.93. The molecule has 3 heterocycles. The molecule has 4 rings (SSSR count). The van der Waals surface area contributed by atoms with Crippen LogP contribution in [0.4, 0.5) is 4.39 Å². The number of carbonyl (C=O) groups is 2. The monoisotopic (exact) mass is 374 g/mol. The molecule has 2 amide bonds. The number of halogens is 1. The molecule has 1 saturated heterocycles. The number of nitrogens with one attached hydrogen (secondary N) is 1. The van der Waals surface area contributed by atoms with E-state index in [9.17, 15) is 14.0 Å². The third-order valence-electron chi connectivity index (χ3n) is 4.20. The Morgan fingerprint density at radius 3 is 3.00 bits per heavy atom. The summed E-state index contributed by atoms with van der Waals surface area (Å²) in [5, 5.41) is 4.41. The van der Waals surface area contributed by atoms with Crippen molar-refractivity contribution in [1.82, 2.24) is 19.6 Å². The zero-order valence-corrected chi connectivity index (χ0v) is 14.7. The Bertz CT molecular complexity index is 1010. The molecule has 134 valence electrons. The lowest BCUT2D eigenvalue weighted by molar-refractivity contribution is -0.123. The van der Waals surface area contributed by atoms with Crippen LogP contribution in [0.15, 0.2) is 29.8 Å². The molecule has 0 radical (unpaired) electrons. The Morgan fingerprint density at radius 2 is 2.27 bits per heavy atom. The van der Waals surface area contributed by atoms with Gasteiger partial charge in [-0.1, -0.05) is 0 Å². The van der Waals surface area contributed by atoms with Crippen LogP contribution in [0.2, 0.25) is 0 Å². The molecule has 0 bridgehead atoms. The summed E-state index contributed by atoms with van der Waals surface area (Å²) in [5.41, 5.74) is 1.59. The number of ether oxygens (including phenoxy) is 1. The molecule has 0 unspecified atom stereocenters. The molecule has 26 heavy (non-hydrogen) atoms. The molecule has 1 aromatic carbocycles. The summed E-state index contributed by atoms with van der Waals surface area (Å²) in [4.78, 5) is 30.8. The quantitative estimate of drug-likeness (QED) is 0.758. The number of nitrogens with zero attached hydrogens (tertiary/aromatic N) is 3. The van der Waals surface area contributed by atoms with Gasteiger partial charge in [0, 0.05) is 30.2 Å². The lowest BCUT2D eigenvalue weighted by atomic mass is 10.1. The molecule has 0 aliphatic carbocycles. The molecule has 0 spiro atoms. The maximum atomic E-state index is 13.9. The minimum atomic E-state index is -0.475. The van der Waals surface area contributed by atoms with Crippen molar-refractivity contribution in [1.29, 1.82) is 0 Å². The minimum Gasteiger partial charge on any atom is -0.494 e. The molecule has 1 N–H and O–H groups in total. The number of aromatic nitrogens is 2. The van der Waals surface area contributed by atoms with Gasteiger partial charge in [0.1, 0.15) is 5.69 Å². The van der Waals surface area contributed by atoms with Gasteiger partial charge in [0.15, 0.2) is 16.5 Å². The highest BCUT2D eigenvalue weighted by atomic mass is 32.1. The van der Waals surface area contributed by atoms with Crippen LogP contribution < -0.4 is 10.1 Å². The van der Waals surface area contributed by atoms with E-state index in [4.69, 9.17) is 4.74 Å². The highest BCUT2D eigenvalue weighted by molar-refractivity contribution is 7.15. The van der Waals surface area contributed by atoms with Crippen LogP contribution in [0, 0.1) is 5.82 Å². The molecular formula is C17H15FN4O3S. The van der Waals surface area contributed by atoms with E-state index in [1.807, 2.05) is 0 Å². The molecule has 1 aliphatic rings. The van der Waals surface area contributed by atoms with Crippen LogP contribution >= 0.6 is 11.3 Å². The van der Waals surface area contributed by atoms with Crippen molar-refractivity contribution in [3.63, 3.8) is 0 Å². The summed E-state index contributed by atoms with van der Waals surface area (Å²) >= 11 is 1.32. The second-order valence-corrected chi connectivity index (χ2v) is 6.66. The molecule has 3 aromatic rings. The maximum Gasteiger partial charge on any atom is 0.272 e. The third kappa shape index (κ3) is 2.80. The molecule has 1 fully saturated rings. The summed E-state index contributed by atoms with van der Waals surface area (Å²) < 4.78 is 20.6. The second kappa shape index (κ2) is 6.41. The summed E-state index contributed by atoms with van der Waals surface area (Å²) in [5.74, 6) is -0.710. The topological polar surface area (TPSA) is 75.9 Å². The van der Waals surface area contributed by atoms with Crippen molar-refractivity contribution in [2.24, 2.45) is 0 Å². The zero-order chi connectivity index (χ0) is 18.3. The number of hydrogen-bond donors (Lipinski definition) is 1. The summed E-state index contributed by atoms with van der Waals surface area (Å²) in [6.07, 6.45) is 1.70. The van der Waals surface area contributed by atoms with Gasteiger partial charge in [-0.25, -0.2) is 9.37 Å². The fourth-order valence-corrected chi connectivity index (χ4v) is 3.72. The first-order valence-corrected chi connectivity index (χ1v) is 8.81. The van der Waals surface area contributed by atoms with Crippen molar-refractivity contribution in [3.8, 4) is 17.0 Å². The van der Waals surface area contributed by atoms with Gasteiger partial charge in [-0.05, 0) is 18.2 Å². The first-order chi connectivity index (χ1) is 12.6. The van der Waals surface area contributed by atoms with Crippen molar-refractivity contribution in [3.05, 3.63) is 41.3 Å². The predicted octanol–water partition coefficient (Wildman–Crippen LogP) is 1.78. The largest absolute Gasteiger partial charge is 0.494 e. The molecular weight excluding hydrogens is 359 g/mol. The maximum absolute atomic E-state index is 13.9. The lowest BCUT2D eigenvalue weighted by Crippen LogP contribution is -2.50. The number of rotatable bonds is 3. The van der Waals surface area contributed by atoms with Crippen LogP contribution in [0.25, 0.3) is 16.2 Å². The Kier molecular flexibility index (Phi) is 4.08. The van der Waals surface area contributed by atoms with Crippen molar-refractivity contribution >= 4 is 28.1 Å². The van der Waals surface area contributed by atoms with E-state index >= 15 is 0 Å². The van der Waals surface area contributed by atoms with Crippen LogP contribution in [-0.2, 0) is 4.79 Å². The zero-order valence-electron chi connectivity index (χ0n) is 13.9. The van der Waals surface area contributed by atoms with E-state index in [0.717, 1.165) is 0 Å². The second-order valence-electron chi connectivity index (χ2n) is 5.83. The van der Waals surface area contributed by atoms with Crippen molar-refractivity contribution in [2.75, 3.05) is 26.7 Å². The van der Waals surface area contributed by atoms with E-state index in [1.54, 1.807) is 22.0 Å². The Morgan fingerprint density at radius 1 is 1.42 bits per heavy atom. The van der Waals surface area contributed by atoms with Gasteiger partial charge in [-0.15, -0.1) is 11.3 Å². The molecule has 0 atom stereocenters. The first kappa shape index (κ1) is 16.5. The minimum absolute atomic E-state index is 0.0431. The average molecular weight is 374 g/mol. The van der Waals surface area contributed by atoms with Crippen LogP contribution in [0.5, 0.6) is 5.75 Å². The van der Waals surface area contributed by atoms with Gasteiger partial charge < -0.3 is 15.0 Å². The van der Waals surface area contributed by atoms with Crippen molar-refractivity contribution < 1.29 is 18.7 Å². The number of piperazine rings is 1. The number of amides is 2. The van der Waals surface area contributed by atoms with Crippen molar-refractivity contribution in [2.45, 2.75) is 0 Å². The highest BCUT2D eigenvalue weighted by Crippen LogP contribution is 2.27.